The fraction of sp³-hybridized carbons (Fsp3) is 0.448. The summed E-state index contributed by atoms with van der Waals surface area (Å²) in [7, 11) is -6.01. The van der Waals surface area contributed by atoms with Crippen LogP contribution < -0.4 is 0 Å². The summed E-state index contributed by atoms with van der Waals surface area (Å²) >= 11 is 0. The number of esters is 2. The van der Waals surface area contributed by atoms with E-state index in [1.54, 1.807) is 36.4 Å². The van der Waals surface area contributed by atoms with Gasteiger partial charge >= 0.3 is 20.5 Å². The molecule has 41 heavy (non-hydrogen) atoms. The number of ether oxygens (including phenoxy) is 3. The highest BCUT2D eigenvalue weighted by Crippen LogP contribution is 2.23. The lowest BCUT2D eigenvalue weighted by molar-refractivity contribution is -0.156. The van der Waals surface area contributed by atoms with Crippen LogP contribution in [0.1, 0.15) is 27.1 Å². The molecule has 0 saturated carbocycles. The van der Waals surface area contributed by atoms with Gasteiger partial charge in [-0.05, 0) is 58.3 Å². The van der Waals surface area contributed by atoms with Gasteiger partial charge in [0, 0.05) is 17.7 Å². The summed E-state index contributed by atoms with van der Waals surface area (Å²) in [5.41, 5.74) is 0.349. The molecule has 0 saturated heterocycles. The normalized spacial score (nSPS) is 12.9. The highest BCUT2D eigenvalue weighted by Gasteiger charge is 2.37. The Hall–Kier alpha value is -2.75. The Morgan fingerprint density at radius 2 is 1.20 bits per heavy atom. The van der Waals surface area contributed by atoms with Gasteiger partial charge in [0.05, 0.1) is 6.61 Å². The van der Waals surface area contributed by atoms with Crippen LogP contribution in [0.15, 0.2) is 60.7 Å². The molecule has 1 unspecified atom stereocenters. The first-order chi connectivity index (χ1) is 19.1. The van der Waals surface area contributed by atoms with Crippen molar-refractivity contribution in [1.82, 2.24) is 0 Å². The van der Waals surface area contributed by atoms with Crippen molar-refractivity contribution in [1.29, 1.82) is 0 Å². The van der Waals surface area contributed by atoms with Gasteiger partial charge in [-0.15, -0.1) is 0 Å². The van der Waals surface area contributed by atoms with Gasteiger partial charge in [-0.3, -0.25) is 9.59 Å². The first-order valence-corrected chi connectivity index (χ1v) is 23.0. The maximum absolute atomic E-state index is 12.6. The van der Waals surface area contributed by atoms with E-state index in [9.17, 15) is 19.2 Å². The summed E-state index contributed by atoms with van der Waals surface area (Å²) in [6.07, 6.45) is -0.382. The molecule has 9 nitrogen and oxygen atoms in total. The number of carbonyl (C=O) groups is 4. The van der Waals surface area contributed by atoms with Crippen LogP contribution in [0.4, 0.5) is 0 Å². The van der Waals surface area contributed by atoms with Crippen LogP contribution in [0, 0.1) is 0 Å². The fourth-order valence-electron chi connectivity index (χ4n) is 4.26. The third kappa shape index (κ3) is 13.2. The summed E-state index contributed by atoms with van der Waals surface area (Å²) in [5, 5.41) is 0. The van der Waals surface area contributed by atoms with Crippen molar-refractivity contribution in [2.24, 2.45) is 0 Å². The first kappa shape index (κ1) is 34.5. The number of rotatable bonds is 17. The highest BCUT2D eigenvalue weighted by molar-refractivity contribution is 6.87. The zero-order valence-electron chi connectivity index (χ0n) is 25.1. The molecular weight excluding hydrogens is 577 g/mol. The molecule has 0 spiro atoms. The first-order valence-electron chi connectivity index (χ1n) is 13.6. The van der Waals surface area contributed by atoms with Crippen LogP contribution in [-0.2, 0) is 32.0 Å². The minimum Gasteiger partial charge on any atom is -0.456 e. The van der Waals surface area contributed by atoms with E-state index in [-0.39, 0.29) is 17.7 Å². The average Bonchev–Trinajstić information content (AvgIpc) is 2.89. The second kappa shape index (κ2) is 15.5. The Morgan fingerprint density at radius 1 is 0.683 bits per heavy atom. The lowest BCUT2D eigenvalue weighted by Crippen LogP contribution is -2.51. The molecule has 0 aliphatic carbocycles. The molecule has 2 rings (SSSR count). The van der Waals surface area contributed by atoms with Crippen LogP contribution in [0.3, 0.4) is 0 Å². The van der Waals surface area contributed by atoms with Gasteiger partial charge < -0.3 is 22.4 Å². The van der Waals surface area contributed by atoms with E-state index in [0.29, 0.717) is 13.0 Å². The minimum atomic E-state index is -2.26. The number of benzene rings is 2. The van der Waals surface area contributed by atoms with E-state index in [2.05, 4.69) is 45.8 Å². The zero-order valence-corrected chi connectivity index (χ0v) is 28.1. The van der Waals surface area contributed by atoms with Gasteiger partial charge in [-0.1, -0.05) is 60.7 Å². The van der Waals surface area contributed by atoms with Crippen molar-refractivity contribution in [3.8, 4) is 0 Å². The molecule has 0 aliphatic heterocycles. The van der Waals surface area contributed by atoms with Crippen LogP contribution in [0.2, 0.25) is 51.9 Å². The van der Waals surface area contributed by atoms with E-state index in [1.165, 1.54) is 24.3 Å². The maximum Gasteiger partial charge on any atom is 0.380 e. The van der Waals surface area contributed by atoms with E-state index in [4.69, 9.17) is 22.4 Å². The molecule has 0 heterocycles. The Balaban J connectivity index is 1.94. The number of hydrogen-bond acceptors (Lipinski definition) is 9. The van der Waals surface area contributed by atoms with Gasteiger partial charge in [-0.25, -0.2) is 9.59 Å². The van der Waals surface area contributed by atoms with Crippen molar-refractivity contribution in [2.75, 3.05) is 19.8 Å². The molecule has 1 atom stereocenters. The molecule has 0 fully saturated rings. The molecule has 0 bridgehead atoms. The summed E-state index contributed by atoms with van der Waals surface area (Å²) in [4.78, 5) is 49.8. The minimum absolute atomic E-state index is 0.123. The quantitative estimate of drug-likeness (QED) is 0.0757. The number of ketones is 2. The monoisotopic (exact) mass is 618 g/mol. The lowest BCUT2D eigenvalue weighted by Gasteiger charge is -2.37. The van der Waals surface area contributed by atoms with Crippen molar-refractivity contribution in [3.05, 3.63) is 71.8 Å². The molecule has 0 aliphatic rings. The Kier molecular flexibility index (Phi) is 13.0. The van der Waals surface area contributed by atoms with Crippen molar-refractivity contribution in [3.63, 3.8) is 0 Å². The number of Topliss-reactive ketones (excluding diaryl/α,β-unsaturated/α-hetero) is 2. The largest absolute Gasteiger partial charge is 0.456 e. The Morgan fingerprint density at radius 3 is 1.71 bits per heavy atom. The summed E-state index contributed by atoms with van der Waals surface area (Å²) in [5.74, 6) is -3.86. The second-order valence-electron chi connectivity index (χ2n) is 11.7. The molecule has 0 amide bonds. The van der Waals surface area contributed by atoms with E-state index >= 15 is 0 Å². The van der Waals surface area contributed by atoms with Gasteiger partial charge in [0.25, 0.3) is 11.6 Å². The molecule has 224 valence electrons. The van der Waals surface area contributed by atoms with Gasteiger partial charge in [0.15, 0.2) is 22.7 Å². The summed E-state index contributed by atoms with van der Waals surface area (Å²) in [6.45, 7) is 14.7. The van der Waals surface area contributed by atoms with Crippen molar-refractivity contribution < 1.29 is 41.6 Å². The molecule has 2 aromatic rings. The Bertz CT molecular complexity index is 1160. The second-order valence-corrected chi connectivity index (χ2v) is 24.3. The molecular formula is C29H42O9Si3. The molecule has 2 aromatic carbocycles. The zero-order chi connectivity index (χ0) is 30.7. The third-order valence-electron chi connectivity index (χ3n) is 5.56. The van der Waals surface area contributed by atoms with E-state index in [1.807, 2.05) is 0 Å². The van der Waals surface area contributed by atoms with Crippen molar-refractivity contribution >= 4 is 48.7 Å². The SMILES string of the molecule is C[Si](C)(C)O[Si](C)(C)O[Si](C)(C)CCCOCC(COC(=O)C(=O)c1ccccc1)OC(=O)C(=O)c1ccccc1. The molecule has 12 heteroatoms. The molecule has 0 radical (unpaired) electrons. The summed E-state index contributed by atoms with van der Waals surface area (Å²) in [6, 6.07) is 16.8. The third-order valence-corrected chi connectivity index (χ3v) is 15.7. The lowest BCUT2D eigenvalue weighted by atomic mass is 10.1. The van der Waals surface area contributed by atoms with Gasteiger partial charge in [-0.2, -0.15) is 0 Å². The van der Waals surface area contributed by atoms with Gasteiger partial charge in [0.1, 0.15) is 6.61 Å². The highest BCUT2D eigenvalue weighted by atomic mass is 28.5. The smallest absolute Gasteiger partial charge is 0.380 e. The van der Waals surface area contributed by atoms with Crippen LogP contribution >= 0.6 is 0 Å². The predicted octanol–water partition coefficient (Wildman–Crippen LogP) is 5.39. The molecule has 0 aromatic heterocycles. The topological polar surface area (TPSA) is 114 Å². The number of hydrogen-bond donors (Lipinski definition) is 0. The van der Waals surface area contributed by atoms with Gasteiger partial charge in [0.2, 0.25) is 0 Å². The fourth-order valence-corrected chi connectivity index (χ4v) is 17.4. The van der Waals surface area contributed by atoms with E-state index in [0.717, 1.165) is 6.04 Å². The van der Waals surface area contributed by atoms with Crippen LogP contribution in [-0.4, -0.2) is 74.6 Å². The average molecular weight is 619 g/mol. The van der Waals surface area contributed by atoms with Crippen LogP contribution in [0.5, 0.6) is 0 Å². The number of carbonyl (C=O) groups excluding carboxylic acids is 4. The van der Waals surface area contributed by atoms with Crippen LogP contribution in [0.25, 0.3) is 0 Å². The predicted molar refractivity (Wildman–Crippen MR) is 163 cm³/mol. The standard InChI is InChI=1S/C29H42O9Si3/c1-39(2,3)37-41(6,7)38-40(4,5)20-14-19-34-21-25(36-29(33)27(31)24-17-12-9-13-18-24)22-35-28(32)26(30)23-15-10-8-11-16-23/h8-13,15-18,25H,14,19-22H2,1-7H3. The maximum atomic E-state index is 12.6. The van der Waals surface area contributed by atoms with E-state index < -0.39 is 61.4 Å². The molecule has 0 N–H and O–H groups in total. The Labute approximate surface area is 246 Å². The van der Waals surface area contributed by atoms with Crippen molar-refractivity contribution in [2.45, 2.75) is 64.4 Å². The summed E-state index contributed by atoms with van der Waals surface area (Å²) < 4.78 is 29.1.